The van der Waals surface area contributed by atoms with E-state index in [0.717, 1.165) is 17.7 Å². The molecule has 0 atom stereocenters. The normalized spacial score (nSPS) is 14.2. The van der Waals surface area contributed by atoms with E-state index in [9.17, 15) is 14.4 Å². The topological polar surface area (TPSA) is 70.2 Å². The van der Waals surface area contributed by atoms with Crippen molar-refractivity contribution >= 4 is 18.2 Å². The van der Waals surface area contributed by atoms with Crippen LogP contribution in [0.1, 0.15) is 12.5 Å². The number of amides is 3. The maximum atomic E-state index is 12.4. The van der Waals surface area contributed by atoms with E-state index in [1.54, 1.807) is 21.8 Å². The summed E-state index contributed by atoms with van der Waals surface area (Å²) in [5.74, 6) is 0.574. The number of methoxy groups -OCH3 is 1. The Hall–Kier alpha value is -2.57. The molecule has 1 fully saturated rings. The van der Waals surface area contributed by atoms with Gasteiger partial charge in [-0.25, -0.2) is 0 Å². The standard InChI is InChI=1S/C18H25N3O4/c1-15(23)21(7-6-16-4-3-5-17(12-16)25-2)13-18(24)20-10-8-19(14-22)9-11-20/h3-5,12,14H,6-11,13H2,1-2H3. The molecular weight excluding hydrogens is 322 g/mol. The third kappa shape index (κ3) is 5.48. The van der Waals surface area contributed by atoms with Crippen molar-refractivity contribution < 1.29 is 19.1 Å². The lowest BCUT2D eigenvalue weighted by molar-refractivity contribution is -0.141. The van der Waals surface area contributed by atoms with Crippen LogP contribution in [0, 0.1) is 0 Å². The van der Waals surface area contributed by atoms with Crippen LogP contribution in [0.2, 0.25) is 0 Å². The summed E-state index contributed by atoms with van der Waals surface area (Å²) < 4.78 is 5.20. The lowest BCUT2D eigenvalue weighted by Gasteiger charge is -2.34. The molecule has 0 spiro atoms. The van der Waals surface area contributed by atoms with Crippen LogP contribution in [-0.2, 0) is 20.8 Å². The number of carbonyl (C=O) groups excluding carboxylic acids is 3. The molecule has 1 aromatic rings. The highest BCUT2D eigenvalue weighted by molar-refractivity contribution is 5.84. The van der Waals surface area contributed by atoms with Crippen LogP contribution in [0.15, 0.2) is 24.3 Å². The molecule has 1 aromatic carbocycles. The van der Waals surface area contributed by atoms with E-state index in [1.165, 1.54) is 6.92 Å². The van der Waals surface area contributed by atoms with Crippen molar-refractivity contribution in [2.45, 2.75) is 13.3 Å². The second-order valence-electron chi connectivity index (χ2n) is 6.06. The van der Waals surface area contributed by atoms with Crippen molar-refractivity contribution in [3.8, 4) is 5.75 Å². The highest BCUT2D eigenvalue weighted by Crippen LogP contribution is 2.13. The Morgan fingerprint density at radius 2 is 1.96 bits per heavy atom. The fourth-order valence-electron chi connectivity index (χ4n) is 2.78. The molecule has 0 radical (unpaired) electrons. The van der Waals surface area contributed by atoms with E-state index in [-0.39, 0.29) is 18.4 Å². The summed E-state index contributed by atoms with van der Waals surface area (Å²) in [5, 5.41) is 0. The van der Waals surface area contributed by atoms with Gasteiger partial charge in [-0.1, -0.05) is 12.1 Å². The smallest absolute Gasteiger partial charge is 0.242 e. The first-order chi connectivity index (χ1) is 12.0. The van der Waals surface area contributed by atoms with E-state index >= 15 is 0 Å². The van der Waals surface area contributed by atoms with E-state index in [1.807, 2.05) is 24.3 Å². The zero-order chi connectivity index (χ0) is 18.2. The summed E-state index contributed by atoms with van der Waals surface area (Å²) in [6.07, 6.45) is 1.46. The SMILES string of the molecule is COc1cccc(CCN(CC(=O)N2CCN(C=O)CC2)C(C)=O)c1. The van der Waals surface area contributed by atoms with Gasteiger partial charge in [0, 0.05) is 39.6 Å². The van der Waals surface area contributed by atoms with Crippen molar-refractivity contribution in [3.63, 3.8) is 0 Å². The van der Waals surface area contributed by atoms with Gasteiger partial charge in [0.25, 0.3) is 0 Å². The Bertz CT molecular complexity index is 612. The summed E-state index contributed by atoms with van der Waals surface area (Å²) in [7, 11) is 1.62. The number of rotatable bonds is 7. The zero-order valence-corrected chi connectivity index (χ0v) is 14.8. The predicted molar refractivity (Wildman–Crippen MR) is 93.2 cm³/mol. The van der Waals surface area contributed by atoms with E-state index in [0.29, 0.717) is 39.1 Å². The average Bonchev–Trinajstić information content (AvgIpc) is 2.64. The van der Waals surface area contributed by atoms with Crippen molar-refractivity contribution in [1.29, 1.82) is 0 Å². The summed E-state index contributed by atoms with van der Waals surface area (Å²) in [5.41, 5.74) is 1.05. The van der Waals surface area contributed by atoms with Crippen molar-refractivity contribution in [2.75, 3.05) is 46.4 Å². The average molecular weight is 347 g/mol. The summed E-state index contributed by atoms with van der Waals surface area (Å²) in [6.45, 7) is 4.13. The van der Waals surface area contributed by atoms with Crippen molar-refractivity contribution in [3.05, 3.63) is 29.8 Å². The predicted octanol–water partition coefficient (Wildman–Crippen LogP) is 0.387. The van der Waals surface area contributed by atoms with Gasteiger partial charge in [-0.05, 0) is 24.1 Å². The number of hydrogen-bond donors (Lipinski definition) is 0. The van der Waals surface area contributed by atoms with E-state index in [2.05, 4.69) is 0 Å². The van der Waals surface area contributed by atoms with Gasteiger partial charge in [-0.3, -0.25) is 14.4 Å². The van der Waals surface area contributed by atoms with Gasteiger partial charge in [-0.2, -0.15) is 0 Å². The van der Waals surface area contributed by atoms with Gasteiger partial charge in [0.05, 0.1) is 13.7 Å². The quantitative estimate of drug-likeness (QED) is 0.669. The van der Waals surface area contributed by atoms with E-state index < -0.39 is 0 Å². The number of nitrogens with zero attached hydrogens (tertiary/aromatic N) is 3. The highest BCUT2D eigenvalue weighted by Gasteiger charge is 2.22. The van der Waals surface area contributed by atoms with Crippen LogP contribution in [0.3, 0.4) is 0 Å². The molecule has 0 unspecified atom stereocenters. The molecule has 0 aromatic heterocycles. The molecular formula is C18H25N3O4. The van der Waals surface area contributed by atoms with Crippen LogP contribution >= 0.6 is 0 Å². The van der Waals surface area contributed by atoms with E-state index in [4.69, 9.17) is 4.74 Å². The molecule has 1 saturated heterocycles. The number of hydrogen-bond acceptors (Lipinski definition) is 4. The molecule has 0 N–H and O–H groups in total. The summed E-state index contributed by atoms with van der Waals surface area (Å²) in [4.78, 5) is 40.0. The van der Waals surface area contributed by atoms with Gasteiger partial charge in [0.15, 0.2) is 0 Å². The molecule has 1 aliphatic rings. The molecule has 7 nitrogen and oxygen atoms in total. The number of piperazine rings is 1. The molecule has 0 saturated carbocycles. The molecule has 136 valence electrons. The van der Waals surface area contributed by atoms with Crippen LogP contribution in [0.5, 0.6) is 5.75 Å². The molecule has 7 heteroatoms. The minimum absolute atomic E-state index is 0.0698. The van der Waals surface area contributed by atoms with Gasteiger partial charge in [0.2, 0.25) is 18.2 Å². The Morgan fingerprint density at radius 1 is 1.24 bits per heavy atom. The third-order valence-electron chi connectivity index (χ3n) is 4.39. The molecule has 3 amide bonds. The second-order valence-corrected chi connectivity index (χ2v) is 6.06. The first-order valence-corrected chi connectivity index (χ1v) is 8.39. The van der Waals surface area contributed by atoms with Crippen molar-refractivity contribution in [1.82, 2.24) is 14.7 Å². The lowest BCUT2D eigenvalue weighted by atomic mass is 10.1. The Labute approximate surface area is 148 Å². The summed E-state index contributed by atoms with van der Waals surface area (Å²) >= 11 is 0. The largest absolute Gasteiger partial charge is 0.497 e. The fraction of sp³-hybridized carbons (Fsp3) is 0.500. The number of carbonyl (C=O) groups is 3. The zero-order valence-electron chi connectivity index (χ0n) is 14.8. The highest BCUT2D eigenvalue weighted by atomic mass is 16.5. The Balaban J connectivity index is 1.88. The Kier molecular flexibility index (Phi) is 6.80. The summed E-state index contributed by atoms with van der Waals surface area (Å²) in [6, 6.07) is 7.68. The van der Waals surface area contributed by atoms with Gasteiger partial charge >= 0.3 is 0 Å². The van der Waals surface area contributed by atoms with Gasteiger partial charge in [0.1, 0.15) is 5.75 Å². The van der Waals surface area contributed by atoms with Crippen LogP contribution in [0.25, 0.3) is 0 Å². The van der Waals surface area contributed by atoms with Gasteiger partial charge in [-0.15, -0.1) is 0 Å². The molecule has 25 heavy (non-hydrogen) atoms. The molecule has 1 aliphatic heterocycles. The lowest BCUT2D eigenvalue weighted by Crippen LogP contribution is -2.51. The monoisotopic (exact) mass is 347 g/mol. The number of ether oxygens (including phenoxy) is 1. The maximum Gasteiger partial charge on any atom is 0.242 e. The Morgan fingerprint density at radius 3 is 2.56 bits per heavy atom. The second kappa shape index (κ2) is 9.05. The first-order valence-electron chi connectivity index (χ1n) is 8.39. The maximum absolute atomic E-state index is 12.4. The molecule has 2 rings (SSSR count). The fourth-order valence-corrected chi connectivity index (χ4v) is 2.78. The van der Waals surface area contributed by atoms with Gasteiger partial charge < -0.3 is 19.4 Å². The number of benzene rings is 1. The minimum atomic E-state index is -0.122. The van der Waals surface area contributed by atoms with Crippen molar-refractivity contribution in [2.24, 2.45) is 0 Å². The molecule has 0 aliphatic carbocycles. The first kappa shape index (κ1) is 18.8. The third-order valence-corrected chi connectivity index (χ3v) is 4.39. The minimum Gasteiger partial charge on any atom is -0.497 e. The van der Waals surface area contributed by atoms with Crippen LogP contribution in [-0.4, -0.2) is 79.3 Å². The molecule has 1 heterocycles. The molecule has 0 bridgehead atoms. The van der Waals surface area contributed by atoms with Crippen LogP contribution < -0.4 is 4.74 Å². The van der Waals surface area contributed by atoms with Crippen LogP contribution in [0.4, 0.5) is 0 Å².